The molecule has 0 bridgehead atoms. The minimum atomic E-state index is -0.965. The van der Waals surface area contributed by atoms with Gasteiger partial charge in [-0.25, -0.2) is 4.79 Å². The molecule has 0 aromatic heterocycles. The largest absolute Gasteiger partial charge is 0.478 e. The van der Waals surface area contributed by atoms with Gasteiger partial charge in [-0.2, -0.15) is 0 Å². The van der Waals surface area contributed by atoms with Crippen molar-refractivity contribution in [2.24, 2.45) is 0 Å². The van der Waals surface area contributed by atoms with Crippen molar-refractivity contribution in [2.45, 2.75) is 25.8 Å². The summed E-state index contributed by atoms with van der Waals surface area (Å²) in [5, 5.41) is 9.17. The van der Waals surface area contributed by atoms with Gasteiger partial charge in [0.15, 0.2) is 0 Å². The molecule has 0 radical (unpaired) electrons. The zero-order chi connectivity index (χ0) is 19.0. The SMILES string of the molecule is O=C(O)c1ccc2c(c1)CN(C(=O)c1ccc(N3CCCC3=O)cc1)CC2. The summed E-state index contributed by atoms with van der Waals surface area (Å²) in [4.78, 5) is 39.4. The van der Waals surface area contributed by atoms with Crippen molar-refractivity contribution in [3.05, 3.63) is 64.7 Å². The summed E-state index contributed by atoms with van der Waals surface area (Å²) in [6.45, 7) is 1.73. The molecule has 0 spiro atoms. The van der Waals surface area contributed by atoms with Crippen molar-refractivity contribution in [1.29, 1.82) is 0 Å². The number of carbonyl (C=O) groups is 3. The van der Waals surface area contributed by atoms with E-state index in [4.69, 9.17) is 5.11 Å². The molecule has 0 aliphatic carbocycles. The highest BCUT2D eigenvalue weighted by atomic mass is 16.4. The quantitative estimate of drug-likeness (QED) is 0.908. The van der Waals surface area contributed by atoms with Gasteiger partial charge in [0.1, 0.15) is 0 Å². The Kier molecular flexibility index (Phi) is 4.39. The van der Waals surface area contributed by atoms with Crippen LogP contribution in [0.1, 0.15) is 44.7 Å². The van der Waals surface area contributed by atoms with Crippen molar-refractivity contribution < 1.29 is 19.5 Å². The Morgan fingerprint density at radius 1 is 0.889 bits per heavy atom. The summed E-state index contributed by atoms with van der Waals surface area (Å²) in [5.41, 5.74) is 3.61. The Balaban J connectivity index is 1.51. The summed E-state index contributed by atoms with van der Waals surface area (Å²) in [5.74, 6) is -0.926. The van der Waals surface area contributed by atoms with Gasteiger partial charge in [0.05, 0.1) is 5.56 Å². The lowest BCUT2D eigenvalue weighted by atomic mass is 9.97. The number of hydrogen-bond acceptors (Lipinski definition) is 3. The Morgan fingerprint density at radius 2 is 1.63 bits per heavy atom. The maximum absolute atomic E-state index is 12.9. The van der Waals surface area contributed by atoms with Crippen molar-refractivity contribution in [3.63, 3.8) is 0 Å². The molecule has 2 heterocycles. The lowest BCUT2D eigenvalue weighted by Crippen LogP contribution is -2.36. The zero-order valence-electron chi connectivity index (χ0n) is 14.9. The molecule has 2 aromatic carbocycles. The van der Waals surface area contributed by atoms with Crippen LogP contribution in [0.3, 0.4) is 0 Å². The smallest absolute Gasteiger partial charge is 0.335 e. The van der Waals surface area contributed by atoms with Crippen molar-refractivity contribution in [2.75, 3.05) is 18.0 Å². The topological polar surface area (TPSA) is 77.9 Å². The number of nitrogens with zero attached hydrogens (tertiary/aromatic N) is 2. The fourth-order valence-corrected chi connectivity index (χ4v) is 3.75. The van der Waals surface area contributed by atoms with Crippen molar-refractivity contribution in [1.82, 2.24) is 4.90 Å². The van der Waals surface area contributed by atoms with E-state index in [2.05, 4.69) is 0 Å². The lowest BCUT2D eigenvalue weighted by molar-refractivity contribution is -0.117. The van der Waals surface area contributed by atoms with Crippen LogP contribution in [0.25, 0.3) is 0 Å². The van der Waals surface area contributed by atoms with Crippen LogP contribution in [0.5, 0.6) is 0 Å². The van der Waals surface area contributed by atoms with Crippen LogP contribution in [0, 0.1) is 0 Å². The molecular weight excluding hydrogens is 344 g/mol. The molecule has 0 atom stereocenters. The summed E-state index contributed by atoms with van der Waals surface area (Å²) in [7, 11) is 0. The number of carboxylic acid groups (broad SMARTS) is 1. The van der Waals surface area contributed by atoms with Crippen molar-refractivity contribution >= 4 is 23.5 Å². The van der Waals surface area contributed by atoms with Gasteiger partial charge < -0.3 is 14.9 Å². The second kappa shape index (κ2) is 6.87. The molecule has 6 nitrogen and oxygen atoms in total. The Labute approximate surface area is 157 Å². The number of anilines is 1. The molecule has 1 saturated heterocycles. The van der Waals surface area contributed by atoms with Crippen LogP contribution in [-0.2, 0) is 17.8 Å². The Bertz CT molecular complexity index is 920. The number of amides is 2. The molecule has 0 unspecified atom stereocenters. The fraction of sp³-hybridized carbons (Fsp3) is 0.286. The molecule has 138 valence electrons. The van der Waals surface area contributed by atoms with Crippen LogP contribution in [0.15, 0.2) is 42.5 Å². The highest BCUT2D eigenvalue weighted by Gasteiger charge is 2.24. The average Bonchev–Trinajstić information content (AvgIpc) is 3.12. The number of rotatable bonds is 3. The first-order chi connectivity index (χ1) is 13.0. The van der Waals surface area contributed by atoms with Gasteiger partial charge in [-0.15, -0.1) is 0 Å². The van der Waals surface area contributed by atoms with Gasteiger partial charge in [0.25, 0.3) is 5.91 Å². The van der Waals surface area contributed by atoms with Crippen LogP contribution in [0.2, 0.25) is 0 Å². The molecule has 6 heteroatoms. The van der Waals surface area contributed by atoms with E-state index in [0.29, 0.717) is 31.5 Å². The highest BCUT2D eigenvalue weighted by Crippen LogP contribution is 2.24. The Hall–Kier alpha value is -3.15. The van der Waals surface area contributed by atoms with E-state index in [0.717, 1.165) is 29.8 Å². The third kappa shape index (κ3) is 3.30. The summed E-state index contributed by atoms with van der Waals surface area (Å²) in [6, 6.07) is 12.2. The second-order valence-electron chi connectivity index (χ2n) is 6.96. The normalized spacial score (nSPS) is 16.4. The Morgan fingerprint density at radius 3 is 2.30 bits per heavy atom. The van der Waals surface area contributed by atoms with Gasteiger partial charge >= 0.3 is 5.97 Å². The standard InChI is InChI=1S/C21H20N2O4/c24-19-2-1-10-23(19)18-7-5-15(6-8-18)20(25)22-11-9-14-3-4-16(21(26)27)12-17(14)13-22/h3-8,12H,1-2,9-11,13H2,(H,26,27). The van der Waals surface area contributed by atoms with Gasteiger partial charge in [-0.3, -0.25) is 9.59 Å². The summed E-state index contributed by atoms with van der Waals surface area (Å²) < 4.78 is 0. The molecule has 0 saturated carbocycles. The first kappa shape index (κ1) is 17.3. The number of carboxylic acids is 1. The van der Waals surface area contributed by atoms with Gasteiger partial charge in [0, 0.05) is 37.3 Å². The van der Waals surface area contributed by atoms with E-state index in [-0.39, 0.29) is 17.4 Å². The molecule has 2 aromatic rings. The maximum Gasteiger partial charge on any atom is 0.335 e. The number of hydrogen-bond donors (Lipinski definition) is 1. The minimum Gasteiger partial charge on any atom is -0.478 e. The van der Waals surface area contributed by atoms with Crippen LogP contribution in [0.4, 0.5) is 5.69 Å². The van der Waals surface area contributed by atoms with Crippen LogP contribution < -0.4 is 4.90 Å². The van der Waals surface area contributed by atoms with E-state index in [1.54, 1.807) is 34.1 Å². The summed E-state index contributed by atoms with van der Waals surface area (Å²) in [6.07, 6.45) is 2.15. The number of carbonyl (C=O) groups excluding carboxylic acids is 2. The van der Waals surface area contributed by atoms with E-state index in [1.165, 1.54) is 0 Å². The third-order valence-corrected chi connectivity index (χ3v) is 5.25. The molecular formula is C21H20N2O4. The van der Waals surface area contributed by atoms with E-state index >= 15 is 0 Å². The van der Waals surface area contributed by atoms with E-state index < -0.39 is 5.97 Å². The number of benzene rings is 2. The predicted octanol–water partition coefficient (Wildman–Crippen LogP) is 2.71. The predicted molar refractivity (Wildman–Crippen MR) is 99.9 cm³/mol. The molecule has 4 rings (SSSR count). The molecule has 1 N–H and O–H groups in total. The number of aromatic carboxylic acids is 1. The minimum absolute atomic E-state index is 0.0827. The molecule has 2 aliphatic heterocycles. The molecule has 2 aliphatic rings. The van der Waals surface area contributed by atoms with Gasteiger partial charge in [-0.05, 0) is 60.4 Å². The fourth-order valence-electron chi connectivity index (χ4n) is 3.75. The first-order valence-corrected chi connectivity index (χ1v) is 9.08. The maximum atomic E-state index is 12.9. The van der Waals surface area contributed by atoms with Crippen LogP contribution >= 0.6 is 0 Å². The zero-order valence-corrected chi connectivity index (χ0v) is 14.9. The molecule has 27 heavy (non-hydrogen) atoms. The van der Waals surface area contributed by atoms with Crippen molar-refractivity contribution in [3.8, 4) is 0 Å². The second-order valence-corrected chi connectivity index (χ2v) is 6.96. The molecule has 1 fully saturated rings. The monoisotopic (exact) mass is 364 g/mol. The number of fused-ring (bicyclic) bond motifs is 1. The average molecular weight is 364 g/mol. The third-order valence-electron chi connectivity index (χ3n) is 5.25. The summed E-state index contributed by atoms with van der Waals surface area (Å²) >= 11 is 0. The van der Waals surface area contributed by atoms with Crippen LogP contribution in [-0.4, -0.2) is 40.9 Å². The van der Waals surface area contributed by atoms with E-state index in [9.17, 15) is 14.4 Å². The lowest BCUT2D eigenvalue weighted by Gasteiger charge is -2.29. The van der Waals surface area contributed by atoms with Gasteiger partial charge in [-0.1, -0.05) is 6.07 Å². The van der Waals surface area contributed by atoms with Gasteiger partial charge in [0.2, 0.25) is 5.91 Å². The molecule has 2 amide bonds. The van der Waals surface area contributed by atoms with E-state index in [1.807, 2.05) is 18.2 Å². The first-order valence-electron chi connectivity index (χ1n) is 9.08. The highest BCUT2D eigenvalue weighted by molar-refractivity contribution is 5.97.